The number of hydrogen-bond donors (Lipinski definition) is 2. The van der Waals surface area contributed by atoms with Crippen molar-refractivity contribution in [1.82, 2.24) is 14.9 Å². The van der Waals surface area contributed by atoms with Gasteiger partial charge in [-0.1, -0.05) is 30.3 Å². The summed E-state index contributed by atoms with van der Waals surface area (Å²) < 4.78 is 6.13. The van der Waals surface area contributed by atoms with Gasteiger partial charge in [0.2, 0.25) is 5.91 Å². The molecular weight excluding hydrogens is 412 g/mol. The average Bonchev–Trinajstić information content (AvgIpc) is 3.27. The second-order valence-corrected chi connectivity index (χ2v) is 8.75. The number of fused-ring (bicyclic) bond motifs is 1. The quantitative estimate of drug-likeness (QED) is 0.439. The lowest BCUT2D eigenvalue weighted by Crippen LogP contribution is -2.37. The van der Waals surface area contributed by atoms with Gasteiger partial charge < -0.3 is 15.5 Å². The fourth-order valence-corrected chi connectivity index (χ4v) is 4.50. The summed E-state index contributed by atoms with van der Waals surface area (Å²) in [5.41, 5.74) is 9.76. The number of amides is 1. The van der Waals surface area contributed by atoms with Crippen LogP contribution in [0.4, 0.5) is 0 Å². The lowest BCUT2D eigenvalue weighted by molar-refractivity contribution is 0.100. The summed E-state index contributed by atoms with van der Waals surface area (Å²) in [5.74, 6) is 1.71. The molecule has 0 bridgehead atoms. The van der Waals surface area contributed by atoms with Gasteiger partial charge in [0.05, 0.1) is 17.6 Å². The number of benzene rings is 3. The van der Waals surface area contributed by atoms with E-state index < -0.39 is 5.91 Å². The molecule has 4 aromatic rings. The first kappa shape index (κ1) is 21.2. The Bertz CT molecular complexity index is 1230. The van der Waals surface area contributed by atoms with Crippen molar-refractivity contribution in [3.8, 4) is 17.1 Å². The zero-order chi connectivity index (χ0) is 22.6. The van der Waals surface area contributed by atoms with Crippen molar-refractivity contribution in [3.05, 3.63) is 83.9 Å². The van der Waals surface area contributed by atoms with Crippen LogP contribution < -0.4 is 10.5 Å². The van der Waals surface area contributed by atoms with Crippen LogP contribution in [-0.4, -0.2) is 40.5 Å². The number of carbonyl (C=O) groups is 1. The number of nitrogens with two attached hydrogens (primary N) is 1. The summed E-state index contributed by atoms with van der Waals surface area (Å²) in [6.07, 6.45) is 2.42. The number of likely N-dealkylation sites (tertiary alicyclic amines) is 1. The highest BCUT2D eigenvalue weighted by molar-refractivity contribution is 5.96. The zero-order valence-corrected chi connectivity index (χ0v) is 18.5. The van der Waals surface area contributed by atoms with Crippen LogP contribution in [0.15, 0.2) is 72.8 Å². The fourth-order valence-electron chi connectivity index (χ4n) is 4.50. The van der Waals surface area contributed by atoms with Gasteiger partial charge in [-0.05, 0) is 67.4 Å². The van der Waals surface area contributed by atoms with Crippen molar-refractivity contribution in [1.29, 1.82) is 0 Å². The molecule has 1 atom stereocenters. The topological polar surface area (TPSA) is 84.2 Å². The van der Waals surface area contributed by atoms with E-state index in [4.69, 9.17) is 10.5 Å². The minimum Gasteiger partial charge on any atom is -0.493 e. The van der Waals surface area contributed by atoms with Crippen LogP contribution in [0, 0.1) is 5.92 Å². The molecule has 1 aliphatic heterocycles. The maximum Gasteiger partial charge on any atom is 0.248 e. The number of carbonyl (C=O) groups excluding carboxylic acids is 1. The molecule has 1 saturated heterocycles. The van der Waals surface area contributed by atoms with Crippen molar-refractivity contribution < 1.29 is 9.53 Å². The molecule has 1 aliphatic rings. The third kappa shape index (κ3) is 5.07. The number of rotatable bonds is 7. The number of imidazole rings is 1. The van der Waals surface area contributed by atoms with Gasteiger partial charge in [-0.15, -0.1) is 0 Å². The predicted octanol–water partition coefficient (Wildman–Crippen LogP) is 4.62. The van der Waals surface area contributed by atoms with E-state index in [0.29, 0.717) is 11.5 Å². The molecule has 1 unspecified atom stereocenters. The molecule has 1 fully saturated rings. The van der Waals surface area contributed by atoms with Gasteiger partial charge in [-0.25, -0.2) is 4.98 Å². The molecule has 0 radical (unpaired) electrons. The highest BCUT2D eigenvalue weighted by atomic mass is 16.5. The number of ether oxygens (including phenoxy) is 1. The molecule has 0 aliphatic carbocycles. The van der Waals surface area contributed by atoms with Gasteiger partial charge in [-0.3, -0.25) is 9.69 Å². The third-order valence-corrected chi connectivity index (χ3v) is 6.23. The second-order valence-electron chi connectivity index (χ2n) is 8.75. The molecule has 6 nitrogen and oxygen atoms in total. The smallest absolute Gasteiger partial charge is 0.248 e. The van der Waals surface area contributed by atoms with Crippen molar-refractivity contribution in [2.45, 2.75) is 19.4 Å². The molecule has 0 saturated carbocycles. The number of nitrogens with zero attached hydrogens (tertiary/aromatic N) is 2. The van der Waals surface area contributed by atoms with Crippen molar-refractivity contribution in [3.63, 3.8) is 0 Å². The summed E-state index contributed by atoms with van der Waals surface area (Å²) in [5, 5.41) is 0. The van der Waals surface area contributed by atoms with Crippen molar-refractivity contribution in [2.75, 3.05) is 19.7 Å². The SMILES string of the molecule is NC(=O)c1ccc2nc(-c3ccc(OCC4CCCN(Cc5ccccc5)C4)cc3)[nH]c2c1. The highest BCUT2D eigenvalue weighted by Gasteiger charge is 2.20. The Balaban J connectivity index is 1.19. The normalized spacial score (nSPS) is 16.7. The number of piperidine rings is 1. The summed E-state index contributed by atoms with van der Waals surface area (Å²) in [6, 6.07) is 23.9. The molecule has 1 aromatic heterocycles. The largest absolute Gasteiger partial charge is 0.493 e. The van der Waals surface area contributed by atoms with Gasteiger partial charge in [0.25, 0.3) is 0 Å². The Morgan fingerprint density at radius 3 is 2.70 bits per heavy atom. The minimum absolute atomic E-state index is 0.448. The Labute approximate surface area is 193 Å². The molecule has 33 heavy (non-hydrogen) atoms. The van der Waals surface area contributed by atoms with Crippen LogP contribution in [0.2, 0.25) is 0 Å². The standard InChI is InChI=1S/C27H28N4O2/c28-26(32)22-10-13-24-25(15-22)30-27(29-24)21-8-11-23(12-9-21)33-18-20-7-4-14-31(17-20)16-19-5-2-1-3-6-19/h1-3,5-6,8-13,15,20H,4,7,14,16-18H2,(H2,28,32)(H,29,30). The Hall–Kier alpha value is -3.64. The number of aromatic nitrogens is 2. The lowest BCUT2D eigenvalue weighted by Gasteiger charge is -2.32. The van der Waals surface area contributed by atoms with Crippen LogP contribution in [0.1, 0.15) is 28.8 Å². The van der Waals surface area contributed by atoms with Gasteiger partial charge >= 0.3 is 0 Å². The summed E-state index contributed by atoms with van der Waals surface area (Å²) in [7, 11) is 0. The van der Waals surface area contributed by atoms with E-state index in [2.05, 4.69) is 45.2 Å². The second kappa shape index (κ2) is 9.46. The highest BCUT2D eigenvalue weighted by Crippen LogP contribution is 2.25. The maximum atomic E-state index is 11.4. The molecule has 0 spiro atoms. The van der Waals surface area contributed by atoms with Crippen LogP contribution in [0.25, 0.3) is 22.4 Å². The van der Waals surface area contributed by atoms with Gasteiger partial charge in [0.1, 0.15) is 11.6 Å². The molecule has 6 heteroatoms. The van der Waals surface area contributed by atoms with E-state index >= 15 is 0 Å². The minimum atomic E-state index is -0.448. The van der Waals surface area contributed by atoms with Crippen LogP contribution in [0.5, 0.6) is 5.75 Å². The molecule has 168 valence electrons. The first-order valence-electron chi connectivity index (χ1n) is 11.4. The molecule has 3 N–H and O–H groups in total. The van der Waals surface area contributed by atoms with Crippen LogP contribution in [-0.2, 0) is 6.54 Å². The number of nitrogens with one attached hydrogen (secondary N) is 1. The Morgan fingerprint density at radius 2 is 1.91 bits per heavy atom. The predicted molar refractivity (Wildman–Crippen MR) is 130 cm³/mol. The van der Waals surface area contributed by atoms with Crippen molar-refractivity contribution in [2.24, 2.45) is 11.7 Å². The molecule has 5 rings (SSSR count). The van der Waals surface area contributed by atoms with E-state index in [9.17, 15) is 4.79 Å². The average molecular weight is 441 g/mol. The molecule has 2 heterocycles. The van der Waals surface area contributed by atoms with Gasteiger partial charge in [0, 0.05) is 30.1 Å². The van der Waals surface area contributed by atoms with Gasteiger partial charge in [0.15, 0.2) is 0 Å². The number of aromatic amines is 1. The Morgan fingerprint density at radius 1 is 1.09 bits per heavy atom. The summed E-state index contributed by atoms with van der Waals surface area (Å²) in [6.45, 7) is 3.95. The number of primary amides is 1. The first-order chi connectivity index (χ1) is 16.1. The van der Waals surface area contributed by atoms with E-state index in [1.807, 2.05) is 24.3 Å². The summed E-state index contributed by atoms with van der Waals surface area (Å²) in [4.78, 5) is 21.8. The Kier molecular flexibility index (Phi) is 6.09. The van der Waals surface area contributed by atoms with Gasteiger partial charge in [-0.2, -0.15) is 0 Å². The maximum absolute atomic E-state index is 11.4. The molecule has 1 amide bonds. The molecular formula is C27H28N4O2. The van der Waals surface area contributed by atoms with E-state index in [-0.39, 0.29) is 0 Å². The van der Waals surface area contributed by atoms with Crippen LogP contribution >= 0.6 is 0 Å². The monoisotopic (exact) mass is 440 g/mol. The number of hydrogen-bond acceptors (Lipinski definition) is 4. The van der Waals surface area contributed by atoms with E-state index in [0.717, 1.165) is 54.4 Å². The zero-order valence-electron chi connectivity index (χ0n) is 18.5. The van der Waals surface area contributed by atoms with E-state index in [1.54, 1.807) is 18.2 Å². The first-order valence-corrected chi connectivity index (χ1v) is 11.4. The third-order valence-electron chi connectivity index (χ3n) is 6.23. The van der Waals surface area contributed by atoms with E-state index in [1.165, 1.54) is 18.4 Å². The fraction of sp³-hybridized carbons (Fsp3) is 0.259. The lowest BCUT2D eigenvalue weighted by atomic mass is 9.98. The molecule has 3 aromatic carbocycles. The van der Waals surface area contributed by atoms with Crippen LogP contribution in [0.3, 0.4) is 0 Å². The summed E-state index contributed by atoms with van der Waals surface area (Å²) >= 11 is 0. The van der Waals surface area contributed by atoms with Crippen molar-refractivity contribution >= 4 is 16.9 Å². The number of H-pyrrole nitrogens is 1.